The van der Waals surface area contributed by atoms with Gasteiger partial charge in [-0.05, 0) is 69.5 Å². The van der Waals surface area contributed by atoms with E-state index in [9.17, 15) is 24.6 Å². The number of aromatic hydroxyl groups is 1. The molecule has 0 spiro atoms. The van der Waals surface area contributed by atoms with Gasteiger partial charge in [-0.2, -0.15) is 0 Å². The van der Waals surface area contributed by atoms with E-state index in [4.69, 9.17) is 4.74 Å². The van der Waals surface area contributed by atoms with Crippen LogP contribution >= 0.6 is 0 Å². The highest BCUT2D eigenvalue weighted by atomic mass is 16.6. The molecule has 0 aliphatic carbocycles. The first kappa shape index (κ1) is 30.4. The van der Waals surface area contributed by atoms with E-state index < -0.39 is 48.2 Å². The number of carbonyl (C=O) groups is 3. The Hall–Kier alpha value is -4.11. The summed E-state index contributed by atoms with van der Waals surface area (Å²) in [6.07, 6.45) is -0.414. The molecule has 0 saturated heterocycles. The van der Waals surface area contributed by atoms with Crippen molar-refractivity contribution in [1.29, 1.82) is 0 Å². The van der Waals surface area contributed by atoms with E-state index in [1.165, 1.54) is 4.90 Å². The summed E-state index contributed by atoms with van der Waals surface area (Å²) >= 11 is 0. The van der Waals surface area contributed by atoms with Gasteiger partial charge in [0.25, 0.3) is 5.91 Å². The number of nitrogens with zero attached hydrogens (tertiary/aromatic N) is 1. The Bertz CT molecular complexity index is 1370. The molecule has 3 rings (SSSR count). The molecule has 0 aliphatic rings. The van der Waals surface area contributed by atoms with E-state index in [1.54, 1.807) is 58.9 Å². The van der Waals surface area contributed by atoms with E-state index in [1.807, 2.05) is 43.3 Å². The van der Waals surface area contributed by atoms with E-state index in [-0.39, 0.29) is 11.3 Å². The molecule has 9 nitrogen and oxygen atoms in total. The number of phenolic OH excluding ortho intramolecular Hbond substituents is 1. The maximum Gasteiger partial charge on any atom is 0.408 e. The van der Waals surface area contributed by atoms with Crippen LogP contribution in [0.4, 0.5) is 10.5 Å². The van der Waals surface area contributed by atoms with Crippen LogP contribution in [0, 0.1) is 6.92 Å². The highest BCUT2D eigenvalue weighted by Gasteiger charge is 2.39. The number of ether oxygens (including phenoxy) is 1. The van der Waals surface area contributed by atoms with Crippen LogP contribution in [-0.4, -0.2) is 57.3 Å². The minimum Gasteiger partial charge on any atom is -0.507 e. The zero-order valence-electron chi connectivity index (χ0n) is 23.9. The standard InChI is InChI=1S/C31H39N3O6/c1-7-20(3)34(29(38)25(18-35)33-30(39)40-31(4,5)6)26(24-14-10-11-19(2)27(24)36)28(37)32-23-16-15-21-12-8-9-13-22(21)17-23/h8-17,20,25-26,35-36H,7,18H2,1-6H3,(H,32,37)(H,33,39). The molecule has 3 atom stereocenters. The van der Waals surface area contributed by atoms with Gasteiger partial charge in [-0.3, -0.25) is 9.59 Å². The second-order valence-electron chi connectivity index (χ2n) is 10.9. The minimum atomic E-state index is -1.38. The summed E-state index contributed by atoms with van der Waals surface area (Å²) in [6.45, 7) is 9.65. The third kappa shape index (κ3) is 7.30. The molecule has 4 N–H and O–H groups in total. The molecule has 3 unspecified atom stereocenters. The average molecular weight is 550 g/mol. The molecule has 0 heterocycles. The van der Waals surface area contributed by atoms with Crippen LogP contribution in [0.2, 0.25) is 0 Å². The van der Waals surface area contributed by atoms with Crippen molar-refractivity contribution in [2.24, 2.45) is 0 Å². The predicted octanol–water partition coefficient (Wildman–Crippen LogP) is 5.05. The van der Waals surface area contributed by atoms with Crippen molar-refractivity contribution in [2.75, 3.05) is 11.9 Å². The van der Waals surface area contributed by atoms with Crippen molar-refractivity contribution >= 4 is 34.4 Å². The fourth-order valence-corrected chi connectivity index (χ4v) is 4.41. The predicted molar refractivity (Wildman–Crippen MR) is 155 cm³/mol. The number of aliphatic hydroxyl groups is 1. The van der Waals surface area contributed by atoms with Crippen LogP contribution in [0.5, 0.6) is 5.75 Å². The van der Waals surface area contributed by atoms with Gasteiger partial charge in [0.15, 0.2) is 0 Å². The highest BCUT2D eigenvalue weighted by molar-refractivity contribution is 6.01. The Labute approximate surface area is 235 Å². The summed E-state index contributed by atoms with van der Waals surface area (Å²) in [7, 11) is 0. The molecule has 214 valence electrons. The molecular weight excluding hydrogens is 510 g/mol. The number of benzene rings is 3. The Balaban J connectivity index is 2.06. The summed E-state index contributed by atoms with van der Waals surface area (Å²) in [5.41, 5.74) is 0.450. The van der Waals surface area contributed by atoms with Crippen molar-refractivity contribution < 1.29 is 29.3 Å². The van der Waals surface area contributed by atoms with Crippen LogP contribution in [-0.2, 0) is 14.3 Å². The molecule has 0 bridgehead atoms. The number of hydrogen-bond acceptors (Lipinski definition) is 6. The number of hydrogen-bond donors (Lipinski definition) is 4. The van der Waals surface area contributed by atoms with E-state index in [2.05, 4.69) is 10.6 Å². The Morgan fingerprint density at radius 1 is 1.00 bits per heavy atom. The number of para-hydroxylation sites is 1. The maximum absolute atomic E-state index is 14.0. The molecule has 3 amide bonds. The van der Waals surface area contributed by atoms with Crippen molar-refractivity contribution in [2.45, 2.75) is 71.7 Å². The number of aliphatic hydroxyl groups excluding tert-OH is 1. The lowest BCUT2D eigenvalue weighted by Crippen LogP contribution is -2.56. The molecule has 40 heavy (non-hydrogen) atoms. The van der Waals surface area contributed by atoms with E-state index in [0.717, 1.165) is 10.8 Å². The number of phenols is 1. The number of aryl methyl sites for hydroxylation is 1. The van der Waals surface area contributed by atoms with Crippen LogP contribution in [0.3, 0.4) is 0 Å². The molecule has 0 radical (unpaired) electrons. The van der Waals surface area contributed by atoms with Crippen LogP contribution < -0.4 is 10.6 Å². The Morgan fingerprint density at radius 3 is 2.30 bits per heavy atom. The number of anilines is 1. The largest absolute Gasteiger partial charge is 0.507 e. The number of rotatable bonds is 9. The Kier molecular flexibility index (Phi) is 9.76. The van der Waals surface area contributed by atoms with Gasteiger partial charge in [-0.25, -0.2) is 4.79 Å². The van der Waals surface area contributed by atoms with Gasteiger partial charge in [-0.15, -0.1) is 0 Å². The fourth-order valence-electron chi connectivity index (χ4n) is 4.41. The molecule has 3 aromatic rings. The fraction of sp³-hybridized carbons (Fsp3) is 0.387. The van der Waals surface area contributed by atoms with Gasteiger partial charge in [0, 0.05) is 17.3 Å². The molecule has 0 aliphatic heterocycles. The third-order valence-electron chi connectivity index (χ3n) is 6.60. The zero-order chi connectivity index (χ0) is 29.6. The van der Waals surface area contributed by atoms with Gasteiger partial charge in [0.2, 0.25) is 5.91 Å². The van der Waals surface area contributed by atoms with Gasteiger partial charge in [0.05, 0.1) is 6.61 Å². The first-order valence-electron chi connectivity index (χ1n) is 13.4. The van der Waals surface area contributed by atoms with Crippen molar-refractivity contribution in [3.63, 3.8) is 0 Å². The lowest BCUT2D eigenvalue weighted by molar-refractivity contribution is -0.144. The number of fused-ring (bicyclic) bond motifs is 1. The van der Waals surface area contributed by atoms with Crippen molar-refractivity contribution in [3.8, 4) is 5.75 Å². The summed E-state index contributed by atoms with van der Waals surface area (Å²) in [4.78, 5) is 41.8. The van der Waals surface area contributed by atoms with Crippen LogP contribution in [0.25, 0.3) is 10.8 Å². The number of carbonyl (C=O) groups excluding carboxylic acids is 3. The number of nitrogens with one attached hydrogen (secondary N) is 2. The Morgan fingerprint density at radius 2 is 1.68 bits per heavy atom. The topological polar surface area (TPSA) is 128 Å². The quantitative estimate of drug-likeness (QED) is 0.296. The molecule has 0 saturated carbocycles. The van der Waals surface area contributed by atoms with Gasteiger partial charge >= 0.3 is 6.09 Å². The van der Waals surface area contributed by atoms with E-state index in [0.29, 0.717) is 17.7 Å². The first-order chi connectivity index (χ1) is 18.9. The van der Waals surface area contributed by atoms with Gasteiger partial charge in [0.1, 0.15) is 23.4 Å². The zero-order valence-corrected chi connectivity index (χ0v) is 23.9. The van der Waals surface area contributed by atoms with Crippen LogP contribution in [0.15, 0.2) is 60.7 Å². The van der Waals surface area contributed by atoms with Gasteiger partial charge < -0.3 is 30.5 Å². The monoisotopic (exact) mass is 549 g/mol. The summed E-state index contributed by atoms with van der Waals surface area (Å²) in [6, 6.07) is 15.0. The summed E-state index contributed by atoms with van der Waals surface area (Å²) < 4.78 is 5.28. The maximum atomic E-state index is 14.0. The summed E-state index contributed by atoms with van der Waals surface area (Å²) in [5.74, 6) is -1.37. The summed E-state index contributed by atoms with van der Waals surface area (Å²) in [5, 5.41) is 28.4. The minimum absolute atomic E-state index is 0.122. The smallest absolute Gasteiger partial charge is 0.408 e. The molecule has 9 heteroatoms. The molecular formula is C31H39N3O6. The number of alkyl carbamates (subject to hydrolysis) is 1. The lowest BCUT2D eigenvalue weighted by atomic mass is 9.97. The third-order valence-corrected chi connectivity index (χ3v) is 6.60. The molecule has 0 fully saturated rings. The normalized spacial score (nSPS) is 13.7. The number of amides is 3. The van der Waals surface area contributed by atoms with Crippen molar-refractivity contribution in [3.05, 3.63) is 71.8 Å². The van der Waals surface area contributed by atoms with Crippen molar-refractivity contribution in [1.82, 2.24) is 10.2 Å². The molecule has 3 aromatic carbocycles. The van der Waals surface area contributed by atoms with Crippen LogP contribution in [0.1, 0.15) is 58.2 Å². The molecule has 0 aromatic heterocycles. The lowest BCUT2D eigenvalue weighted by Gasteiger charge is -2.38. The first-order valence-corrected chi connectivity index (χ1v) is 13.4. The highest BCUT2D eigenvalue weighted by Crippen LogP contribution is 2.35. The SMILES string of the molecule is CCC(C)N(C(=O)C(CO)NC(=O)OC(C)(C)C)C(C(=O)Nc1ccc2ccccc2c1)c1cccc(C)c1O. The second kappa shape index (κ2) is 12.8. The average Bonchev–Trinajstić information content (AvgIpc) is 2.90. The second-order valence-corrected chi connectivity index (χ2v) is 10.9. The van der Waals surface area contributed by atoms with Gasteiger partial charge in [-0.1, -0.05) is 55.5 Å². The van der Waals surface area contributed by atoms with E-state index >= 15 is 0 Å².